The molecule has 0 amide bonds. The summed E-state index contributed by atoms with van der Waals surface area (Å²) in [7, 11) is 1.51. The lowest BCUT2D eigenvalue weighted by molar-refractivity contribution is 0.412. The van der Waals surface area contributed by atoms with E-state index in [-0.39, 0.29) is 5.82 Å². The highest BCUT2D eigenvalue weighted by molar-refractivity contribution is 9.10. The highest BCUT2D eigenvalue weighted by atomic mass is 79.9. The molecule has 19 heavy (non-hydrogen) atoms. The lowest BCUT2D eigenvalue weighted by atomic mass is 10.2. The second kappa shape index (κ2) is 5.98. The minimum absolute atomic E-state index is 0.335. The van der Waals surface area contributed by atoms with E-state index in [2.05, 4.69) is 31.4 Å². The fourth-order valence-electron chi connectivity index (χ4n) is 1.32. The molecule has 2 aromatic rings. The van der Waals surface area contributed by atoms with Crippen LogP contribution in [0.25, 0.3) is 0 Å². The van der Waals surface area contributed by atoms with Crippen LogP contribution in [0.3, 0.4) is 0 Å². The molecule has 0 spiro atoms. The van der Waals surface area contributed by atoms with Crippen molar-refractivity contribution in [3.8, 4) is 5.75 Å². The summed E-state index contributed by atoms with van der Waals surface area (Å²) in [5.74, 6) is 0.549. The molecule has 0 atom stereocenters. The summed E-state index contributed by atoms with van der Waals surface area (Å²) >= 11 is 4.42. The van der Waals surface area contributed by atoms with Crippen molar-refractivity contribution in [1.29, 1.82) is 0 Å². The summed E-state index contributed by atoms with van der Waals surface area (Å²) in [5.41, 5.74) is 8.70. The molecule has 1 aromatic heterocycles. The Kier molecular flexibility index (Phi) is 4.33. The molecular formula is C11H10BrFN4OS. The van der Waals surface area contributed by atoms with E-state index < -0.39 is 0 Å². The number of thiazole rings is 1. The largest absolute Gasteiger partial charge is 0.496 e. The Bertz CT molecular complexity index is 617. The van der Waals surface area contributed by atoms with Crippen LogP contribution < -0.4 is 15.9 Å². The molecule has 3 N–H and O–H groups in total. The lowest BCUT2D eigenvalue weighted by Gasteiger charge is -2.05. The molecule has 8 heteroatoms. The first kappa shape index (κ1) is 13.8. The Morgan fingerprint density at radius 2 is 2.37 bits per heavy atom. The molecule has 100 valence electrons. The van der Waals surface area contributed by atoms with E-state index in [4.69, 9.17) is 10.5 Å². The first-order valence-corrected chi connectivity index (χ1v) is 6.80. The van der Waals surface area contributed by atoms with Gasteiger partial charge in [0.05, 0.1) is 17.8 Å². The van der Waals surface area contributed by atoms with Crippen LogP contribution >= 0.6 is 27.3 Å². The molecule has 0 unspecified atom stereocenters. The number of nitrogen functional groups attached to an aromatic ring is 1. The van der Waals surface area contributed by atoms with Crippen molar-refractivity contribution in [2.75, 3.05) is 18.3 Å². The zero-order valence-electron chi connectivity index (χ0n) is 9.85. The van der Waals surface area contributed by atoms with Gasteiger partial charge >= 0.3 is 0 Å². The average Bonchev–Trinajstić information content (AvgIpc) is 2.79. The fraction of sp³-hybridized carbons (Fsp3) is 0.0909. The molecule has 0 bridgehead atoms. The zero-order valence-corrected chi connectivity index (χ0v) is 12.3. The van der Waals surface area contributed by atoms with Crippen LogP contribution in [-0.2, 0) is 0 Å². The molecule has 0 aliphatic rings. The molecule has 1 aromatic carbocycles. The number of rotatable bonds is 4. The van der Waals surface area contributed by atoms with Gasteiger partial charge in [-0.2, -0.15) is 5.10 Å². The van der Waals surface area contributed by atoms with Gasteiger partial charge in [-0.1, -0.05) is 0 Å². The number of nitrogens with one attached hydrogen (secondary N) is 1. The third-order valence-corrected chi connectivity index (χ3v) is 3.53. The number of halogens is 2. The zero-order chi connectivity index (χ0) is 13.8. The third-order valence-electron chi connectivity index (χ3n) is 2.16. The molecule has 1 heterocycles. The highest BCUT2D eigenvalue weighted by Crippen LogP contribution is 2.25. The average molecular weight is 345 g/mol. The van der Waals surface area contributed by atoms with Gasteiger partial charge in [0.15, 0.2) is 0 Å². The van der Waals surface area contributed by atoms with Crippen LogP contribution in [0, 0.1) is 5.82 Å². The third kappa shape index (κ3) is 3.42. The van der Waals surface area contributed by atoms with Crippen molar-refractivity contribution in [2.24, 2.45) is 5.10 Å². The fourth-order valence-corrected chi connectivity index (χ4v) is 2.19. The molecule has 0 saturated carbocycles. The molecule has 0 saturated heterocycles. The van der Waals surface area contributed by atoms with Crippen molar-refractivity contribution in [2.45, 2.75) is 0 Å². The Hall–Kier alpha value is -1.67. The van der Waals surface area contributed by atoms with Crippen molar-refractivity contribution < 1.29 is 9.13 Å². The van der Waals surface area contributed by atoms with Crippen LogP contribution in [0.5, 0.6) is 5.75 Å². The summed E-state index contributed by atoms with van der Waals surface area (Å²) in [6, 6.07) is 2.86. The van der Waals surface area contributed by atoms with Crippen molar-refractivity contribution >= 4 is 44.4 Å². The molecule has 0 fully saturated rings. The lowest BCUT2D eigenvalue weighted by Crippen LogP contribution is -1.96. The second-order valence-corrected chi connectivity index (χ2v) is 5.17. The van der Waals surface area contributed by atoms with Crippen LogP contribution in [0.4, 0.5) is 15.3 Å². The topological polar surface area (TPSA) is 72.5 Å². The van der Waals surface area contributed by atoms with Gasteiger partial charge in [-0.15, -0.1) is 11.3 Å². The standard InChI is InChI=1S/C11H10BrFN4OS/c1-18-9-3-7(12)8(13)2-6(9)4-15-17-11-16-10(14)5-19-11/h2-5H,14H2,1H3,(H,16,17). The summed E-state index contributed by atoms with van der Waals surface area (Å²) in [6.45, 7) is 0. The second-order valence-electron chi connectivity index (χ2n) is 3.46. The van der Waals surface area contributed by atoms with E-state index in [1.54, 1.807) is 5.38 Å². The number of nitrogens with zero attached hydrogens (tertiary/aromatic N) is 2. The van der Waals surface area contributed by atoms with Crippen LogP contribution in [0.2, 0.25) is 0 Å². The summed E-state index contributed by atoms with van der Waals surface area (Å²) in [4.78, 5) is 3.97. The molecule has 5 nitrogen and oxygen atoms in total. The van der Waals surface area contributed by atoms with Gasteiger partial charge in [0.2, 0.25) is 5.13 Å². The number of anilines is 2. The minimum Gasteiger partial charge on any atom is -0.496 e. The molecular weight excluding hydrogens is 335 g/mol. The van der Waals surface area contributed by atoms with Crippen LogP contribution in [0.15, 0.2) is 27.1 Å². The number of aromatic nitrogens is 1. The van der Waals surface area contributed by atoms with Crippen molar-refractivity contribution in [3.63, 3.8) is 0 Å². The summed E-state index contributed by atoms with van der Waals surface area (Å²) in [6.07, 6.45) is 1.45. The Morgan fingerprint density at radius 1 is 1.58 bits per heavy atom. The van der Waals surface area contributed by atoms with Gasteiger partial charge in [0, 0.05) is 10.9 Å². The van der Waals surface area contributed by atoms with E-state index >= 15 is 0 Å². The molecule has 0 aliphatic carbocycles. The van der Waals surface area contributed by atoms with Gasteiger partial charge in [-0.05, 0) is 28.1 Å². The van der Waals surface area contributed by atoms with Gasteiger partial charge in [-0.25, -0.2) is 9.37 Å². The highest BCUT2D eigenvalue weighted by Gasteiger charge is 2.07. The number of benzene rings is 1. The maximum atomic E-state index is 13.4. The van der Waals surface area contributed by atoms with Crippen molar-refractivity contribution in [1.82, 2.24) is 4.98 Å². The number of hydrogen-bond acceptors (Lipinski definition) is 6. The maximum Gasteiger partial charge on any atom is 0.205 e. The minimum atomic E-state index is -0.388. The number of methoxy groups -OCH3 is 1. The smallest absolute Gasteiger partial charge is 0.205 e. The normalized spacial score (nSPS) is 10.9. The number of hydrazone groups is 1. The Morgan fingerprint density at radius 3 is 3.00 bits per heavy atom. The number of hydrogen-bond donors (Lipinski definition) is 2. The summed E-state index contributed by atoms with van der Waals surface area (Å²) in [5, 5.41) is 6.21. The maximum absolute atomic E-state index is 13.4. The first-order valence-electron chi connectivity index (χ1n) is 5.13. The van der Waals surface area contributed by atoms with Crippen LogP contribution in [0.1, 0.15) is 5.56 Å². The van der Waals surface area contributed by atoms with E-state index in [9.17, 15) is 4.39 Å². The monoisotopic (exact) mass is 344 g/mol. The van der Waals surface area contributed by atoms with Gasteiger partial charge in [-0.3, -0.25) is 5.43 Å². The number of nitrogens with two attached hydrogens (primary N) is 1. The van der Waals surface area contributed by atoms with Crippen molar-refractivity contribution in [3.05, 3.63) is 33.4 Å². The molecule has 2 rings (SSSR count). The number of ether oxygens (including phenoxy) is 1. The van der Waals surface area contributed by atoms with Gasteiger partial charge in [0.25, 0.3) is 0 Å². The predicted molar refractivity (Wildman–Crippen MR) is 78.4 cm³/mol. The molecule has 0 aliphatic heterocycles. The van der Waals surface area contributed by atoms with Crippen LogP contribution in [-0.4, -0.2) is 18.3 Å². The Balaban J connectivity index is 2.16. The van der Waals surface area contributed by atoms with E-state index in [0.717, 1.165) is 0 Å². The SMILES string of the molecule is COc1cc(Br)c(F)cc1C=NNc1nc(N)cs1. The van der Waals surface area contributed by atoms with E-state index in [0.29, 0.717) is 26.7 Å². The first-order chi connectivity index (χ1) is 9.10. The van der Waals surface area contributed by atoms with E-state index in [1.165, 1.54) is 36.8 Å². The van der Waals surface area contributed by atoms with E-state index in [1.807, 2.05) is 0 Å². The quantitative estimate of drug-likeness (QED) is 0.660. The van der Waals surface area contributed by atoms with Gasteiger partial charge < -0.3 is 10.5 Å². The van der Waals surface area contributed by atoms with Gasteiger partial charge in [0.1, 0.15) is 17.4 Å². The summed E-state index contributed by atoms with van der Waals surface area (Å²) < 4.78 is 18.9. The molecule has 0 radical (unpaired) electrons. The Labute approximate surface area is 121 Å². The predicted octanol–water partition coefficient (Wildman–Crippen LogP) is 3.08.